The molecule has 104 valence electrons. The molecule has 0 spiro atoms. The number of benzene rings is 2. The zero-order valence-corrected chi connectivity index (χ0v) is 12.1. The number of halogens is 1. The molecule has 21 heavy (non-hydrogen) atoms. The highest BCUT2D eigenvalue weighted by atomic mass is 35.5. The average Bonchev–Trinajstić information content (AvgIpc) is 2.55. The summed E-state index contributed by atoms with van der Waals surface area (Å²) in [5, 5.41) is 0.703. The molecule has 0 atom stereocenters. The normalized spacial score (nSPS) is 10.3. The Bertz CT molecular complexity index is 714. The summed E-state index contributed by atoms with van der Waals surface area (Å²) in [4.78, 5) is 4.17. The minimum atomic E-state index is 0.467. The highest BCUT2D eigenvalue weighted by Crippen LogP contribution is 2.27. The van der Waals surface area contributed by atoms with E-state index in [4.69, 9.17) is 16.3 Å². The number of aromatic nitrogens is 1. The molecule has 0 saturated heterocycles. The van der Waals surface area contributed by atoms with Gasteiger partial charge in [0.1, 0.15) is 12.4 Å². The van der Waals surface area contributed by atoms with Gasteiger partial charge >= 0.3 is 0 Å². The smallest absolute Gasteiger partial charge is 0.119 e. The predicted octanol–water partition coefficient (Wildman–Crippen LogP) is 4.98. The molecule has 0 radical (unpaired) electrons. The van der Waals surface area contributed by atoms with E-state index in [9.17, 15) is 0 Å². The van der Waals surface area contributed by atoms with Crippen molar-refractivity contribution in [1.82, 2.24) is 4.98 Å². The van der Waals surface area contributed by atoms with Gasteiger partial charge in [0.2, 0.25) is 0 Å². The van der Waals surface area contributed by atoms with Crippen LogP contribution in [0.15, 0.2) is 73.1 Å². The van der Waals surface area contributed by atoms with Crippen LogP contribution in [0.2, 0.25) is 5.02 Å². The lowest BCUT2D eigenvalue weighted by molar-refractivity contribution is 0.307. The van der Waals surface area contributed by atoms with Gasteiger partial charge < -0.3 is 4.74 Å². The van der Waals surface area contributed by atoms with E-state index in [1.165, 1.54) is 0 Å². The number of ether oxygens (including phenoxy) is 1. The van der Waals surface area contributed by atoms with Crippen LogP contribution in [0.5, 0.6) is 5.75 Å². The maximum atomic E-state index is 6.11. The van der Waals surface area contributed by atoms with Crippen LogP contribution in [0.1, 0.15) is 5.56 Å². The molecule has 0 aliphatic carbocycles. The van der Waals surface area contributed by atoms with Crippen molar-refractivity contribution in [3.63, 3.8) is 0 Å². The molecule has 2 nitrogen and oxygen atoms in total. The number of hydrogen-bond donors (Lipinski definition) is 0. The predicted molar refractivity (Wildman–Crippen MR) is 85.5 cm³/mol. The number of para-hydroxylation sites is 1. The first kappa shape index (κ1) is 13.7. The van der Waals surface area contributed by atoms with Gasteiger partial charge in [-0.1, -0.05) is 41.9 Å². The van der Waals surface area contributed by atoms with Crippen molar-refractivity contribution in [3.05, 3.63) is 83.6 Å². The molecule has 3 rings (SSSR count). The minimum absolute atomic E-state index is 0.467. The first-order chi connectivity index (χ1) is 10.3. The van der Waals surface area contributed by atoms with Gasteiger partial charge in [-0.25, -0.2) is 0 Å². The van der Waals surface area contributed by atoms with Crippen molar-refractivity contribution < 1.29 is 4.74 Å². The van der Waals surface area contributed by atoms with Gasteiger partial charge in [0.25, 0.3) is 0 Å². The molecule has 0 amide bonds. The van der Waals surface area contributed by atoms with E-state index in [2.05, 4.69) is 4.98 Å². The fraction of sp³-hybridized carbons (Fsp3) is 0.0556. The Morgan fingerprint density at radius 1 is 0.952 bits per heavy atom. The molecule has 0 saturated carbocycles. The van der Waals surface area contributed by atoms with E-state index in [1.807, 2.05) is 66.9 Å². The van der Waals surface area contributed by atoms with Crippen molar-refractivity contribution in [2.24, 2.45) is 0 Å². The van der Waals surface area contributed by atoms with Crippen molar-refractivity contribution in [2.75, 3.05) is 0 Å². The Kier molecular flexibility index (Phi) is 4.17. The molecule has 2 aromatic carbocycles. The number of rotatable bonds is 4. The monoisotopic (exact) mass is 295 g/mol. The van der Waals surface area contributed by atoms with Gasteiger partial charge in [-0.3, -0.25) is 4.98 Å². The van der Waals surface area contributed by atoms with Crippen LogP contribution in [-0.2, 0) is 6.61 Å². The Hall–Kier alpha value is -2.32. The molecule has 3 aromatic rings. The van der Waals surface area contributed by atoms with E-state index >= 15 is 0 Å². The van der Waals surface area contributed by atoms with Crippen LogP contribution < -0.4 is 4.74 Å². The molecule has 3 heteroatoms. The van der Waals surface area contributed by atoms with E-state index in [0.29, 0.717) is 11.6 Å². The second-order valence-corrected chi connectivity index (χ2v) is 5.08. The van der Waals surface area contributed by atoms with Gasteiger partial charge in [-0.2, -0.15) is 0 Å². The SMILES string of the molecule is Clc1ccc(-c2cccnc2)c(COc2ccccc2)c1. The Balaban J connectivity index is 1.89. The zero-order valence-electron chi connectivity index (χ0n) is 11.4. The lowest BCUT2D eigenvalue weighted by Crippen LogP contribution is -1.98. The molecular formula is C18H14ClNO. The second kappa shape index (κ2) is 6.42. The van der Waals surface area contributed by atoms with Crippen LogP contribution in [-0.4, -0.2) is 4.98 Å². The molecule has 0 N–H and O–H groups in total. The van der Waals surface area contributed by atoms with E-state index in [1.54, 1.807) is 6.20 Å². The van der Waals surface area contributed by atoms with Crippen molar-refractivity contribution in [1.29, 1.82) is 0 Å². The number of pyridine rings is 1. The Morgan fingerprint density at radius 3 is 2.57 bits per heavy atom. The van der Waals surface area contributed by atoms with E-state index < -0.39 is 0 Å². The van der Waals surface area contributed by atoms with E-state index in [-0.39, 0.29) is 0 Å². The number of hydrogen-bond acceptors (Lipinski definition) is 2. The maximum absolute atomic E-state index is 6.11. The molecule has 0 bridgehead atoms. The fourth-order valence-electron chi connectivity index (χ4n) is 2.16. The summed E-state index contributed by atoms with van der Waals surface area (Å²) in [5.41, 5.74) is 3.18. The summed E-state index contributed by atoms with van der Waals surface area (Å²) in [7, 11) is 0. The zero-order chi connectivity index (χ0) is 14.5. The van der Waals surface area contributed by atoms with Crippen LogP contribution in [0.4, 0.5) is 0 Å². The standard InChI is InChI=1S/C18H14ClNO/c19-16-8-9-18(14-5-4-10-20-12-14)15(11-16)13-21-17-6-2-1-3-7-17/h1-12H,13H2. The van der Waals surface area contributed by atoms with Crippen LogP contribution in [0, 0.1) is 0 Å². The summed E-state index contributed by atoms with van der Waals surface area (Å²) in [6.07, 6.45) is 3.61. The third kappa shape index (κ3) is 3.41. The van der Waals surface area contributed by atoms with Gasteiger partial charge in [-0.15, -0.1) is 0 Å². The average molecular weight is 296 g/mol. The lowest BCUT2D eigenvalue weighted by Gasteiger charge is -2.11. The summed E-state index contributed by atoms with van der Waals surface area (Å²) >= 11 is 6.11. The molecule has 0 fully saturated rings. The first-order valence-electron chi connectivity index (χ1n) is 6.69. The lowest BCUT2D eigenvalue weighted by atomic mass is 10.0. The topological polar surface area (TPSA) is 22.1 Å². The highest BCUT2D eigenvalue weighted by Gasteiger charge is 2.07. The molecular weight excluding hydrogens is 282 g/mol. The van der Waals surface area contributed by atoms with Crippen LogP contribution >= 0.6 is 11.6 Å². The first-order valence-corrected chi connectivity index (χ1v) is 7.07. The van der Waals surface area contributed by atoms with Crippen LogP contribution in [0.25, 0.3) is 11.1 Å². The third-order valence-corrected chi connectivity index (χ3v) is 3.41. The maximum Gasteiger partial charge on any atom is 0.119 e. The minimum Gasteiger partial charge on any atom is -0.489 e. The van der Waals surface area contributed by atoms with Gasteiger partial charge in [0, 0.05) is 23.0 Å². The third-order valence-electron chi connectivity index (χ3n) is 3.18. The molecule has 0 unspecified atom stereocenters. The number of nitrogens with zero attached hydrogens (tertiary/aromatic N) is 1. The fourth-order valence-corrected chi connectivity index (χ4v) is 2.36. The quantitative estimate of drug-likeness (QED) is 0.677. The summed E-state index contributed by atoms with van der Waals surface area (Å²) in [5.74, 6) is 0.842. The molecule has 0 aliphatic heterocycles. The summed E-state index contributed by atoms with van der Waals surface area (Å²) < 4.78 is 5.83. The van der Waals surface area contributed by atoms with E-state index in [0.717, 1.165) is 22.4 Å². The second-order valence-electron chi connectivity index (χ2n) is 4.64. The molecule has 0 aliphatic rings. The summed E-state index contributed by atoms with van der Waals surface area (Å²) in [6, 6.07) is 19.5. The van der Waals surface area contributed by atoms with Crippen molar-refractivity contribution in [3.8, 4) is 16.9 Å². The van der Waals surface area contributed by atoms with Crippen molar-refractivity contribution >= 4 is 11.6 Å². The highest BCUT2D eigenvalue weighted by molar-refractivity contribution is 6.30. The largest absolute Gasteiger partial charge is 0.489 e. The molecule has 1 aromatic heterocycles. The Morgan fingerprint density at radius 2 is 1.81 bits per heavy atom. The van der Waals surface area contributed by atoms with Gasteiger partial charge in [0.05, 0.1) is 0 Å². The van der Waals surface area contributed by atoms with Crippen molar-refractivity contribution in [2.45, 2.75) is 6.61 Å². The van der Waals surface area contributed by atoms with Crippen LogP contribution in [0.3, 0.4) is 0 Å². The molecule has 1 heterocycles. The Labute approximate surface area is 129 Å². The van der Waals surface area contributed by atoms with Gasteiger partial charge in [-0.05, 0) is 41.5 Å². The summed E-state index contributed by atoms with van der Waals surface area (Å²) in [6.45, 7) is 0.467. The van der Waals surface area contributed by atoms with Gasteiger partial charge in [0.15, 0.2) is 0 Å².